The molecule has 4 rings (SSSR count). The van der Waals surface area contributed by atoms with Crippen LogP contribution in [0.4, 0.5) is 10.1 Å². The van der Waals surface area contributed by atoms with Crippen LogP contribution in [-0.2, 0) is 0 Å². The smallest absolute Gasteiger partial charge is 0.231 e. The molecule has 0 bridgehead atoms. The highest BCUT2D eigenvalue weighted by molar-refractivity contribution is 5.47. The van der Waals surface area contributed by atoms with Crippen LogP contribution in [0.1, 0.15) is 6.42 Å². The Morgan fingerprint density at radius 3 is 2.50 bits per heavy atom. The third-order valence-corrected chi connectivity index (χ3v) is 4.80. The molecule has 0 amide bonds. The van der Waals surface area contributed by atoms with Crippen LogP contribution in [-0.4, -0.2) is 51.0 Å². The zero-order valence-corrected chi connectivity index (χ0v) is 14.7. The molecule has 1 fully saturated rings. The summed E-state index contributed by atoms with van der Waals surface area (Å²) in [5.74, 6) is 2.15. The van der Waals surface area contributed by atoms with Crippen LogP contribution in [0, 0.1) is 5.82 Å². The molecule has 138 valence electrons. The van der Waals surface area contributed by atoms with Crippen molar-refractivity contribution >= 4 is 5.69 Å². The number of halogens is 1. The second kappa shape index (κ2) is 7.83. The van der Waals surface area contributed by atoms with Crippen LogP contribution in [0.5, 0.6) is 17.2 Å². The molecule has 26 heavy (non-hydrogen) atoms. The number of rotatable bonds is 6. The minimum Gasteiger partial charge on any atom is -0.493 e. The number of anilines is 1. The van der Waals surface area contributed by atoms with Gasteiger partial charge in [0, 0.05) is 44.5 Å². The number of piperazine rings is 1. The van der Waals surface area contributed by atoms with Crippen molar-refractivity contribution in [3.8, 4) is 17.2 Å². The second-order valence-corrected chi connectivity index (χ2v) is 6.52. The predicted octanol–water partition coefficient (Wildman–Crippen LogP) is 3.15. The number of hydrogen-bond acceptors (Lipinski definition) is 5. The number of fused-ring (bicyclic) bond motifs is 1. The molecule has 2 aromatic rings. The maximum Gasteiger partial charge on any atom is 0.231 e. The first kappa shape index (κ1) is 17.0. The fourth-order valence-corrected chi connectivity index (χ4v) is 3.33. The summed E-state index contributed by atoms with van der Waals surface area (Å²) in [6.07, 6.45) is 0.977. The van der Waals surface area contributed by atoms with E-state index in [9.17, 15) is 4.39 Å². The number of hydrogen-bond donors (Lipinski definition) is 0. The molecule has 0 spiro atoms. The van der Waals surface area contributed by atoms with Crippen molar-refractivity contribution in [1.29, 1.82) is 0 Å². The minimum absolute atomic E-state index is 0.185. The largest absolute Gasteiger partial charge is 0.493 e. The van der Waals surface area contributed by atoms with Crippen molar-refractivity contribution < 1.29 is 18.6 Å². The second-order valence-electron chi connectivity index (χ2n) is 6.52. The molecular formula is C20H23FN2O3. The fourth-order valence-electron chi connectivity index (χ4n) is 3.33. The van der Waals surface area contributed by atoms with Gasteiger partial charge in [-0.2, -0.15) is 0 Å². The molecule has 2 aliphatic rings. The van der Waals surface area contributed by atoms with Crippen molar-refractivity contribution in [1.82, 2.24) is 4.90 Å². The topological polar surface area (TPSA) is 34.2 Å². The first-order valence-electron chi connectivity index (χ1n) is 9.03. The molecule has 0 N–H and O–H groups in total. The number of benzene rings is 2. The van der Waals surface area contributed by atoms with Gasteiger partial charge in [0.1, 0.15) is 11.6 Å². The highest BCUT2D eigenvalue weighted by Crippen LogP contribution is 2.35. The van der Waals surface area contributed by atoms with Gasteiger partial charge in [-0.25, -0.2) is 4.39 Å². The van der Waals surface area contributed by atoms with Crippen LogP contribution in [0.25, 0.3) is 0 Å². The van der Waals surface area contributed by atoms with E-state index in [2.05, 4.69) is 9.80 Å². The van der Waals surface area contributed by atoms with Crippen molar-refractivity contribution in [2.45, 2.75) is 6.42 Å². The Labute approximate surface area is 152 Å². The SMILES string of the molecule is Fc1ccc(N2CCN(CCCOc3ccc4c(c3)OCO4)CC2)cc1. The van der Waals surface area contributed by atoms with Gasteiger partial charge >= 0.3 is 0 Å². The van der Waals surface area contributed by atoms with E-state index in [1.54, 1.807) is 0 Å². The van der Waals surface area contributed by atoms with Crippen LogP contribution in [0.2, 0.25) is 0 Å². The Hall–Kier alpha value is -2.47. The lowest BCUT2D eigenvalue weighted by Gasteiger charge is -2.36. The maximum absolute atomic E-state index is 13.0. The van der Waals surface area contributed by atoms with Crippen molar-refractivity contribution in [2.75, 3.05) is 51.0 Å². The summed E-state index contributed by atoms with van der Waals surface area (Å²) in [7, 11) is 0. The molecule has 2 heterocycles. The van der Waals surface area contributed by atoms with E-state index in [4.69, 9.17) is 14.2 Å². The molecule has 0 radical (unpaired) electrons. The zero-order valence-electron chi connectivity index (χ0n) is 14.7. The van der Waals surface area contributed by atoms with E-state index in [0.29, 0.717) is 6.61 Å². The van der Waals surface area contributed by atoms with Gasteiger partial charge in [0.25, 0.3) is 0 Å². The van der Waals surface area contributed by atoms with Gasteiger partial charge in [-0.05, 0) is 42.8 Å². The lowest BCUT2D eigenvalue weighted by atomic mass is 10.2. The molecule has 0 saturated carbocycles. The van der Waals surface area contributed by atoms with E-state index in [0.717, 1.165) is 62.1 Å². The maximum atomic E-state index is 13.0. The molecule has 2 aliphatic heterocycles. The van der Waals surface area contributed by atoms with Crippen molar-refractivity contribution in [3.63, 3.8) is 0 Å². The zero-order chi connectivity index (χ0) is 17.8. The first-order chi connectivity index (χ1) is 12.8. The van der Waals surface area contributed by atoms with Crippen LogP contribution in [0.15, 0.2) is 42.5 Å². The average Bonchev–Trinajstić information content (AvgIpc) is 3.14. The van der Waals surface area contributed by atoms with E-state index in [-0.39, 0.29) is 12.6 Å². The molecule has 5 nitrogen and oxygen atoms in total. The van der Waals surface area contributed by atoms with E-state index in [1.165, 1.54) is 12.1 Å². The van der Waals surface area contributed by atoms with Gasteiger partial charge in [0.15, 0.2) is 11.5 Å². The Morgan fingerprint density at radius 2 is 1.69 bits per heavy atom. The lowest BCUT2D eigenvalue weighted by Crippen LogP contribution is -2.46. The molecule has 0 aromatic heterocycles. The van der Waals surface area contributed by atoms with Crippen LogP contribution < -0.4 is 19.1 Å². The van der Waals surface area contributed by atoms with Gasteiger partial charge in [0.05, 0.1) is 6.61 Å². The summed E-state index contributed by atoms with van der Waals surface area (Å²) >= 11 is 0. The van der Waals surface area contributed by atoms with Crippen molar-refractivity contribution in [3.05, 3.63) is 48.3 Å². The van der Waals surface area contributed by atoms with E-state index < -0.39 is 0 Å². The number of ether oxygens (including phenoxy) is 3. The molecular weight excluding hydrogens is 335 g/mol. The fraction of sp³-hybridized carbons (Fsp3) is 0.400. The lowest BCUT2D eigenvalue weighted by molar-refractivity contribution is 0.173. The first-order valence-corrected chi connectivity index (χ1v) is 9.03. The Bertz CT molecular complexity index is 730. The predicted molar refractivity (Wildman–Crippen MR) is 97.7 cm³/mol. The van der Waals surface area contributed by atoms with E-state index >= 15 is 0 Å². The highest BCUT2D eigenvalue weighted by Gasteiger charge is 2.17. The third-order valence-electron chi connectivity index (χ3n) is 4.80. The van der Waals surface area contributed by atoms with Gasteiger partial charge in [-0.1, -0.05) is 0 Å². The molecule has 0 aliphatic carbocycles. The van der Waals surface area contributed by atoms with Crippen LogP contribution >= 0.6 is 0 Å². The average molecular weight is 358 g/mol. The molecule has 0 atom stereocenters. The van der Waals surface area contributed by atoms with Crippen molar-refractivity contribution in [2.24, 2.45) is 0 Å². The summed E-state index contributed by atoms with van der Waals surface area (Å²) in [5.41, 5.74) is 1.09. The van der Waals surface area contributed by atoms with Gasteiger partial charge < -0.3 is 19.1 Å². The Kier molecular flexibility index (Phi) is 5.11. The Balaban J connectivity index is 1.17. The van der Waals surface area contributed by atoms with E-state index in [1.807, 2.05) is 30.3 Å². The summed E-state index contributed by atoms with van der Waals surface area (Å²) in [6, 6.07) is 12.4. The Morgan fingerprint density at radius 1 is 0.923 bits per heavy atom. The third kappa shape index (κ3) is 4.02. The standard InChI is InChI=1S/C20H23FN2O3/c21-16-2-4-17(5-3-16)23-11-9-22(10-12-23)8-1-13-24-18-6-7-19-20(14-18)26-15-25-19/h2-7,14H,1,8-13,15H2. The molecule has 6 heteroatoms. The summed E-state index contributed by atoms with van der Waals surface area (Å²) in [4.78, 5) is 4.75. The quantitative estimate of drug-likeness (QED) is 0.741. The molecule has 1 saturated heterocycles. The molecule has 0 unspecified atom stereocenters. The summed E-state index contributed by atoms with van der Waals surface area (Å²) < 4.78 is 29.5. The van der Waals surface area contributed by atoms with Gasteiger partial charge in [-0.15, -0.1) is 0 Å². The van der Waals surface area contributed by atoms with Gasteiger partial charge in [0.2, 0.25) is 6.79 Å². The normalized spacial score (nSPS) is 16.7. The monoisotopic (exact) mass is 358 g/mol. The highest BCUT2D eigenvalue weighted by atomic mass is 19.1. The summed E-state index contributed by atoms with van der Waals surface area (Å²) in [6.45, 7) is 5.94. The molecule has 2 aromatic carbocycles. The minimum atomic E-state index is -0.185. The van der Waals surface area contributed by atoms with Crippen LogP contribution in [0.3, 0.4) is 0 Å². The van der Waals surface area contributed by atoms with Gasteiger partial charge in [-0.3, -0.25) is 4.90 Å². The number of nitrogens with zero attached hydrogens (tertiary/aromatic N) is 2. The summed E-state index contributed by atoms with van der Waals surface area (Å²) in [5, 5.41) is 0.